The molecule has 0 spiro atoms. The molecule has 0 aliphatic rings. The molecule has 0 radical (unpaired) electrons. The Kier molecular flexibility index (Phi) is 8.55. The highest BCUT2D eigenvalue weighted by molar-refractivity contribution is 5.77. The van der Waals surface area contributed by atoms with Crippen LogP contribution in [0.15, 0.2) is 24.4 Å². The van der Waals surface area contributed by atoms with Crippen LogP contribution in [-0.2, 0) is 9.53 Å². The minimum atomic E-state index is -1.17. The van der Waals surface area contributed by atoms with Gasteiger partial charge in [0.2, 0.25) is 0 Å². The molecule has 0 bridgehead atoms. The van der Waals surface area contributed by atoms with Crippen molar-refractivity contribution in [2.45, 2.75) is 53.6 Å². The normalized spacial score (nSPS) is 14.1. The summed E-state index contributed by atoms with van der Waals surface area (Å²) in [6.07, 6.45) is 0.588. The van der Waals surface area contributed by atoms with Crippen LogP contribution < -0.4 is 20.9 Å². The van der Waals surface area contributed by atoms with E-state index in [2.05, 4.69) is 14.7 Å². The summed E-state index contributed by atoms with van der Waals surface area (Å²) >= 11 is 0. The fourth-order valence-electron chi connectivity index (χ4n) is 3.33. The first-order valence-electron chi connectivity index (χ1n) is 10.9. The van der Waals surface area contributed by atoms with Crippen molar-refractivity contribution in [2.75, 3.05) is 13.2 Å². The van der Waals surface area contributed by atoms with Crippen LogP contribution in [0.4, 0.5) is 9.18 Å². The van der Waals surface area contributed by atoms with Crippen molar-refractivity contribution < 1.29 is 28.2 Å². The van der Waals surface area contributed by atoms with E-state index in [1.54, 1.807) is 26.0 Å². The predicted molar refractivity (Wildman–Crippen MR) is 125 cm³/mol. The molecule has 2 aromatic rings. The molecule has 186 valence electrons. The first-order valence-corrected chi connectivity index (χ1v) is 10.9. The van der Waals surface area contributed by atoms with E-state index >= 15 is 0 Å². The zero-order chi connectivity index (χ0) is 25.7. The third-order valence-electron chi connectivity index (χ3n) is 5.01. The number of nitrogens with zero attached hydrogens (tertiary/aromatic N) is 2. The molecule has 2 atom stereocenters. The highest BCUT2D eigenvalue weighted by Gasteiger charge is 2.39. The average molecular weight is 477 g/mol. The maximum atomic E-state index is 14.7. The molecule has 0 fully saturated rings. The second-order valence-electron chi connectivity index (χ2n) is 9.58. The van der Waals surface area contributed by atoms with Gasteiger partial charge in [-0.3, -0.25) is 4.79 Å². The van der Waals surface area contributed by atoms with E-state index in [-0.39, 0.29) is 29.8 Å². The second-order valence-corrected chi connectivity index (χ2v) is 9.58. The third-order valence-corrected chi connectivity index (χ3v) is 5.01. The molecule has 0 saturated heterocycles. The van der Waals surface area contributed by atoms with Crippen molar-refractivity contribution in [3.8, 4) is 22.9 Å². The van der Waals surface area contributed by atoms with Crippen LogP contribution >= 0.6 is 0 Å². The van der Waals surface area contributed by atoms with Crippen LogP contribution in [0, 0.1) is 24.1 Å². The van der Waals surface area contributed by atoms with Crippen molar-refractivity contribution in [3.63, 3.8) is 0 Å². The summed E-state index contributed by atoms with van der Waals surface area (Å²) in [7, 11) is 0. The van der Waals surface area contributed by atoms with Crippen molar-refractivity contribution in [1.29, 1.82) is 0 Å². The molecular weight excluding hydrogens is 443 g/mol. The predicted octanol–water partition coefficient (Wildman–Crippen LogP) is 3.76. The highest BCUT2D eigenvalue weighted by atomic mass is 19.1. The van der Waals surface area contributed by atoms with Crippen LogP contribution in [0.5, 0.6) is 11.6 Å². The zero-order valence-corrected chi connectivity index (χ0v) is 20.5. The lowest BCUT2D eigenvalue weighted by Crippen LogP contribution is -2.41. The van der Waals surface area contributed by atoms with Gasteiger partial charge in [0, 0.05) is 11.8 Å². The van der Waals surface area contributed by atoms with E-state index in [1.807, 2.05) is 27.7 Å². The van der Waals surface area contributed by atoms with E-state index in [1.165, 1.54) is 12.3 Å². The van der Waals surface area contributed by atoms with E-state index in [0.29, 0.717) is 24.4 Å². The van der Waals surface area contributed by atoms with Gasteiger partial charge in [-0.05, 0) is 71.7 Å². The smallest absolute Gasteiger partial charge is 0.411 e. The minimum absolute atomic E-state index is 0.0499. The number of aryl methyl sites for hydroxylation is 1. The fourth-order valence-corrected chi connectivity index (χ4v) is 3.33. The molecule has 4 N–H and O–H groups in total. The molecule has 34 heavy (non-hydrogen) atoms. The van der Waals surface area contributed by atoms with Crippen molar-refractivity contribution in [3.05, 3.63) is 35.9 Å². The monoisotopic (exact) mass is 476 g/mol. The number of rotatable bonds is 9. The van der Waals surface area contributed by atoms with Gasteiger partial charge < -0.3 is 25.7 Å². The number of amides is 1. The molecule has 1 amide bonds. The molecular formula is C24H33FN4O5. The summed E-state index contributed by atoms with van der Waals surface area (Å²) in [5, 5.41) is 0. The summed E-state index contributed by atoms with van der Waals surface area (Å²) in [5.41, 5.74) is 10.00. The van der Waals surface area contributed by atoms with Gasteiger partial charge in [-0.25, -0.2) is 19.2 Å². The molecule has 0 saturated carbocycles. The first-order chi connectivity index (χ1) is 15.8. The molecule has 0 aromatic carbocycles. The molecule has 9 nitrogen and oxygen atoms in total. The number of ether oxygens (including phenoxy) is 3. The maximum Gasteiger partial charge on any atom is 0.411 e. The SMILES string of the molecule is Cc1nc(-c2ccnc(OC(N)=O)c2F)ccc1OC[C@](C)(C[C@H](C)CN)C(=O)OC(C)(C)C. The summed E-state index contributed by atoms with van der Waals surface area (Å²) < 4.78 is 30.9. The Morgan fingerprint density at radius 2 is 1.85 bits per heavy atom. The largest absolute Gasteiger partial charge is 0.491 e. The summed E-state index contributed by atoms with van der Waals surface area (Å²) in [5.74, 6) is -1.26. The number of hydrogen-bond donors (Lipinski definition) is 2. The number of carbonyl (C=O) groups excluding carboxylic acids is 2. The Morgan fingerprint density at radius 3 is 2.41 bits per heavy atom. The van der Waals surface area contributed by atoms with Crippen LogP contribution in [0.25, 0.3) is 11.3 Å². The third kappa shape index (κ3) is 7.11. The number of nitrogens with two attached hydrogens (primary N) is 2. The van der Waals surface area contributed by atoms with Crippen molar-refractivity contribution >= 4 is 12.1 Å². The number of esters is 1. The molecule has 2 aromatic heterocycles. The second kappa shape index (κ2) is 10.8. The number of halogens is 1. The number of primary amides is 1. The summed E-state index contributed by atoms with van der Waals surface area (Å²) in [6.45, 7) is 11.4. The van der Waals surface area contributed by atoms with Crippen molar-refractivity contribution in [1.82, 2.24) is 9.97 Å². The lowest BCUT2D eigenvalue weighted by atomic mass is 9.82. The average Bonchev–Trinajstić information content (AvgIpc) is 2.72. The molecule has 0 aliphatic heterocycles. The van der Waals surface area contributed by atoms with E-state index in [4.69, 9.17) is 20.9 Å². The van der Waals surface area contributed by atoms with Gasteiger partial charge in [0.15, 0.2) is 5.82 Å². The zero-order valence-electron chi connectivity index (χ0n) is 20.5. The molecule has 2 rings (SSSR count). The van der Waals surface area contributed by atoms with Gasteiger partial charge in [0.25, 0.3) is 5.88 Å². The van der Waals surface area contributed by atoms with E-state index in [9.17, 15) is 14.0 Å². The van der Waals surface area contributed by atoms with Crippen LogP contribution in [0.3, 0.4) is 0 Å². The Labute approximate surface area is 199 Å². The van der Waals surface area contributed by atoms with Crippen LogP contribution in [-0.4, -0.2) is 40.8 Å². The lowest BCUT2D eigenvalue weighted by molar-refractivity contribution is -0.169. The fraction of sp³-hybridized carbons (Fsp3) is 0.500. The number of pyridine rings is 2. The van der Waals surface area contributed by atoms with Crippen molar-refractivity contribution in [2.24, 2.45) is 22.8 Å². The van der Waals surface area contributed by atoms with Gasteiger partial charge in [-0.2, -0.15) is 0 Å². The standard InChI is InChI=1S/C24H33FN4O5/c1-14(12-26)11-24(6,21(30)34-23(3,4)5)13-32-18-8-7-17(29-15(18)2)16-9-10-28-20(19(16)25)33-22(27)31/h7-10,14H,11-13,26H2,1-6H3,(H2,27,31)/t14-,24-/m0/s1. The van der Waals surface area contributed by atoms with Gasteiger partial charge in [-0.15, -0.1) is 0 Å². The van der Waals surface area contributed by atoms with Gasteiger partial charge >= 0.3 is 12.1 Å². The Hall–Kier alpha value is -3.27. The molecule has 0 aliphatic carbocycles. The molecule has 0 unspecified atom stereocenters. The van der Waals surface area contributed by atoms with E-state index < -0.39 is 28.8 Å². The number of aromatic nitrogens is 2. The minimum Gasteiger partial charge on any atom is -0.491 e. The Morgan fingerprint density at radius 1 is 1.18 bits per heavy atom. The van der Waals surface area contributed by atoms with Crippen LogP contribution in [0.1, 0.15) is 46.7 Å². The van der Waals surface area contributed by atoms with Gasteiger partial charge in [0.05, 0.1) is 16.8 Å². The van der Waals surface area contributed by atoms with Gasteiger partial charge in [-0.1, -0.05) is 6.92 Å². The Bertz CT molecular complexity index is 1040. The van der Waals surface area contributed by atoms with E-state index in [0.717, 1.165) is 0 Å². The molecule has 2 heterocycles. The maximum absolute atomic E-state index is 14.7. The Balaban J connectivity index is 2.27. The lowest BCUT2D eigenvalue weighted by Gasteiger charge is -2.33. The number of carbonyl (C=O) groups is 2. The van der Waals surface area contributed by atoms with Crippen LogP contribution in [0.2, 0.25) is 0 Å². The quantitative estimate of drug-likeness (QED) is 0.522. The first kappa shape index (κ1) is 27.0. The summed E-state index contributed by atoms with van der Waals surface area (Å²) in [4.78, 5) is 32.0. The molecule has 10 heteroatoms. The summed E-state index contributed by atoms with van der Waals surface area (Å²) in [6, 6.07) is 4.59. The number of hydrogen-bond acceptors (Lipinski definition) is 8. The highest BCUT2D eigenvalue weighted by Crippen LogP contribution is 2.33. The van der Waals surface area contributed by atoms with Gasteiger partial charge in [0.1, 0.15) is 18.0 Å². The topological polar surface area (TPSA) is 140 Å².